The summed E-state index contributed by atoms with van der Waals surface area (Å²) in [6, 6.07) is 8.85. The van der Waals surface area contributed by atoms with Gasteiger partial charge in [-0.25, -0.2) is 0 Å². The fourth-order valence-electron chi connectivity index (χ4n) is 2.56. The lowest BCUT2D eigenvalue weighted by molar-refractivity contribution is -0.137. The van der Waals surface area contributed by atoms with Crippen LogP contribution in [0.5, 0.6) is 0 Å². The van der Waals surface area contributed by atoms with E-state index in [0.29, 0.717) is 6.54 Å². The molecule has 1 aromatic rings. The van der Waals surface area contributed by atoms with Crippen LogP contribution in [0.25, 0.3) is 0 Å². The number of carbonyl (C=O) groups is 1. The molecule has 2 rings (SSSR count). The number of aliphatic carboxylic acids is 1. The Balaban J connectivity index is 1.74. The van der Waals surface area contributed by atoms with Crippen LogP contribution in [-0.4, -0.2) is 53.6 Å². The van der Waals surface area contributed by atoms with E-state index in [1.807, 2.05) is 0 Å². The Kier molecular flexibility index (Phi) is 5.56. The van der Waals surface area contributed by atoms with E-state index in [1.165, 1.54) is 11.1 Å². The lowest BCUT2D eigenvalue weighted by Gasteiger charge is -2.34. The van der Waals surface area contributed by atoms with Crippen molar-refractivity contribution >= 4 is 5.97 Å². The Hall–Kier alpha value is -1.39. The maximum Gasteiger partial charge on any atom is 0.304 e. The SMILES string of the molecule is CCc1ccc(CN2CCN(CCC(=O)O)CC2)cc1. The summed E-state index contributed by atoms with van der Waals surface area (Å²) in [5.74, 6) is -0.705. The molecule has 110 valence electrons. The summed E-state index contributed by atoms with van der Waals surface area (Å²) in [5, 5.41) is 8.70. The normalized spacial score (nSPS) is 17.2. The fourth-order valence-corrected chi connectivity index (χ4v) is 2.56. The van der Waals surface area contributed by atoms with Crippen LogP contribution >= 0.6 is 0 Å². The van der Waals surface area contributed by atoms with Crippen molar-refractivity contribution in [2.24, 2.45) is 0 Å². The van der Waals surface area contributed by atoms with Gasteiger partial charge in [0.25, 0.3) is 0 Å². The molecule has 1 saturated heterocycles. The van der Waals surface area contributed by atoms with Crippen molar-refractivity contribution in [3.8, 4) is 0 Å². The first kappa shape index (κ1) is 15.0. The number of carboxylic acids is 1. The van der Waals surface area contributed by atoms with E-state index in [2.05, 4.69) is 41.0 Å². The first-order chi connectivity index (χ1) is 9.67. The zero-order valence-electron chi connectivity index (χ0n) is 12.2. The van der Waals surface area contributed by atoms with Gasteiger partial charge in [-0.3, -0.25) is 9.69 Å². The van der Waals surface area contributed by atoms with Crippen LogP contribution < -0.4 is 0 Å². The molecule has 0 bridgehead atoms. The minimum Gasteiger partial charge on any atom is -0.481 e. The minimum atomic E-state index is -0.705. The zero-order chi connectivity index (χ0) is 14.4. The van der Waals surface area contributed by atoms with E-state index in [4.69, 9.17) is 5.11 Å². The topological polar surface area (TPSA) is 43.8 Å². The molecule has 0 aliphatic carbocycles. The summed E-state index contributed by atoms with van der Waals surface area (Å²) < 4.78 is 0. The van der Waals surface area contributed by atoms with Gasteiger partial charge in [-0.1, -0.05) is 31.2 Å². The summed E-state index contributed by atoms with van der Waals surface area (Å²) in [4.78, 5) is 15.2. The molecule has 1 aliphatic heterocycles. The predicted octanol–water partition coefficient (Wildman–Crippen LogP) is 1.84. The largest absolute Gasteiger partial charge is 0.481 e. The summed E-state index contributed by atoms with van der Waals surface area (Å²) in [7, 11) is 0. The average molecular weight is 276 g/mol. The third-order valence-corrected chi connectivity index (χ3v) is 3.94. The van der Waals surface area contributed by atoms with Crippen molar-refractivity contribution in [1.82, 2.24) is 9.80 Å². The standard InChI is InChI=1S/C16H24N2O2/c1-2-14-3-5-15(6-4-14)13-18-11-9-17(10-12-18)8-7-16(19)20/h3-6H,2,7-13H2,1H3,(H,19,20). The van der Waals surface area contributed by atoms with Gasteiger partial charge in [0.05, 0.1) is 6.42 Å². The van der Waals surface area contributed by atoms with Crippen LogP contribution in [0.3, 0.4) is 0 Å². The van der Waals surface area contributed by atoms with Crippen molar-refractivity contribution in [3.63, 3.8) is 0 Å². The first-order valence-corrected chi connectivity index (χ1v) is 7.41. The highest BCUT2D eigenvalue weighted by Gasteiger charge is 2.17. The smallest absolute Gasteiger partial charge is 0.304 e. The zero-order valence-corrected chi connectivity index (χ0v) is 12.2. The number of carboxylic acid groups (broad SMARTS) is 1. The summed E-state index contributed by atoms with van der Waals surface area (Å²) in [6.07, 6.45) is 1.33. The number of hydrogen-bond donors (Lipinski definition) is 1. The van der Waals surface area contributed by atoms with E-state index in [0.717, 1.165) is 39.1 Å². The van der Waals surface area contributed by atoms with Gasteiger partial charge in [0.15, 0.2) is 0 Å². The summed E-state index contributed by atoms with van der Waals surface area (Å²) in [6.45, 7) is 7.83. The van der Waals surface area contributed by atoms with Crippen LogP contribution in [0.4, 0.5) is 0 Å². The van der Waals surface area contributed by atoms with Crippen LogP contribution in [0, 0.1) is 0 Å². The van der Waals surface area contributed by atoms with Gasteiger partial charge < -0.3 is 10.0 Å². The Bertz CT molecular complexity index is 423. The molecular weight excluding hydrogens is 252 g/mol. The molecule has 0 saturated carbocycles. The fraction of sp³-hybridized carbons (Fsp3) is 0.562. The molecule has 0 radical (unpaired) electrons. The average Bonchev–Trinajstić information content (AvgIpc) is 2.47. The molecule has 1 N–H and O–H groups in total. The number of nitrogens with zero attached hydrogens (tertiary/aromatic N) is 2. The second-order valence-electron chi connectivity index (χ2n) is 5.43. The molecule has 4 nitrogen and oxygen atoms in total. The van der Waals surface area contributed by atoms with Gasteiger partial charge >= 0.3 is 5.97 Å². The first-order valence-electron chi connectivity index (χ1n) is 7.41. The van der Waals surface area contributed by atoms with Crippen LogP contribution in [0.15, 0.2) is 24.3 Å². The Labute approximate surface area is 121 Å². The van der Waals surface area contributed by atoms with Crippen molar-refractivity contribution in [2.45, 2.75) is 26.3 Å². The van der Waals surface area contributed by atoms with E-state index in [-0.39, 0.29) is 6.42 Å². The quantitative estimate of drug-likeness (QED) is 0.861. The van der Waals surface area contributed by atoms with Crippen LogP contribution in [0.1, 0.15) is 24.5 Å². The van der Waals surface area contributed by atoms with Crippen LogP contribution in [0.2, 0.25) is 0 Å². The molecule has 0 spiro atoms. The van der Waals surface area contributed by atoms with Gasteiger partial charge in [-0.05, 0) is 17.5 Å². The number of aryl methyl sites for hydroxylation is 1. The van der Waals surface area contributed by atoms with E-state index in [9.17, 15) is 4.79 Å². The third-order valence-electron chi connectivity index (χ3n) is 3.94. The van der Waals surface area contributed by atoms with Gasteiger partial charge in [-0.2, -0.15) is 0 Å². The van der Waals surface area contributed by atoms with Gasteiger partial charge in [-0.15, -0.1) is 0 Å². The second-order valence-corrected chi connectivity index (χ2v) is 5.43. The minimum absolute atomic E-state index is 0.248. The van der Waals surface area contributed by atoms with Crippen molar-refractivity contribution in [3.05, 3.63) is 35.4 Å². The Morgan fingerprint density at radius 1 is 1.05 bits per heavy atom. The van der Waals surface area contributed by atoms with Gasteiger partial charge in [0, 0.05) is 39.3 Å². The number of rotatable bonds is 6. The number of hydrogen-bond acceptors (Lipinski definition) is 3. The van der Waals surface area contributed by atoms with Crippen molar-refractivity contribution in [1.29, 1.82) is 0 Å². The molecule has 0 aromatic heterocycles. The molecule has 4 heteroatoms. The van der Waals surface area contributed by atoms with E-state index < -0.39 is 5.97 Å². The Morgan fingerprint density at radius 3 is 2.15 bits per heavy atom. The van der Waals surface area contributed by atoms with E-state index in [1.54, 1.807) is 0 Å². The molecule has 1 aromatic carbocycles. The molecular formula is C16H24N2O2. The van der Waals surface area contributed by atoms with Crippen LogP contribution in [-0.2, 0) is 17.8 Å². The van der Waals surface area contributed by atoms with Crippen molar-refractivity contribution in [2.75, 3.05) is 32.7 Å². The predicted molar refractivity (Wildman–Crippen MR) is 79.8 cm³/mol. The Morgan fingerprint density at radius 2 is 1.60 bits per heavy atom. The third kappa shape index (κ3) is 4.62. The molecule has 1 aliphatic rings. The molecule has 0 unspecified atom stereocenters. The monoisotopic (exact) mass is 276 g/mol. The summed E-state index contributed by atoms with van der Waals surface area (Å²) in [5.41, 5.74) is 2.74. The highest BCUT2D eigenvalue weighted by Crippen LogP contribution is 2.10. The molecule has 20 heavy (non-hydrogen) atoms. The second kappa shape index (κ2) is 7.41. The molecule has 1 fully saturated rings. The lowest BCUT2D eigenvalue weighted by Crippen LogP contribution is -2.46. The number of benzene rings is 1. The molecule has 0 atom stereocenters. The highest BCUT2D eigenvalue weighted by molar-refractivity contribution is 5.66. The van der Waals surface area contributed by atoms with Gasteiger partial charge in [0.2, 0.25) is 0 Å². The highest BCUT2D eigenvalue weighted by atomic mass is 16.4. The maximum absolute atomic E-state index is 10.6. The number of piperazine rings is 1. The maximum atomic E-state index is 10.6. The van der Waals surface area contributed by atoms with Crippen molar-refractivity contribution < 1.29 is 9.90 Å². The molecule has 1 heterocycles. The van der Waals surface area contributed by atoms with E-state index >= 15 is 0 Å². The van der Waals surface area contributed by atoms with Gasteiger partial charge in [0.1, 0.15) is 0 Å². The lowest BCUT2D eigenvalue weighted by atomic mass is 10.1. The molecule has 0 amide bonds. The summed E-state index contributed by atoms with van der Waals surface area (Å²) >= 11 is 0.